The van der Waals surface area contributed by atoms with Crippen LogP contribution in [0.15, 0.2) is 60.7 Å². The molecule has 32 heavy (non-hydrogen) atoms. The molecule has 5 heteroatoms. The van der Waals surface area contributed by atoms with Crippen molar-refractivity contribution in [1.82, 2.24) is 5.32 Å². The summed E-state index contributed by atoms with van der Waals surface area (Å²) in [7, 11) is 0. The zero-order chi connectivity index (χ0) is 22.9. The number of rotatable bonds is 8. The Hall–Kier alpha value is -2.82. The second-order valence-corrected chi connectivity index (χ2v) is 9.32. The smallest absolute Gasteiger partial charge is 0.408 e. The second kappa shape index (κ2) is 11.7. The van der Waals surface area contributed by atoms with E-state index in [1.54, 1.807) is 0 Å². The predicted molar refractivity (Wildman–Crippen MR) is 125 cm³/mol. The van der Waals surface area contributed by atoms with Crippen LogP contribution in [-0.2, 0) is 27.3 Å². The standard InChI is InChI=1S/C27H35NO4/c1-19(2)23-14-20(3)15-24(17-23)32-26(29)25(16-21-10-6-4-7-11-21)28-27(30)31-18-22-12-8-5-9-13-22/h4-13,19-20,23-25H,14-18H2,1-3H3,(H,28,30)/t20-,23-,24-,25+/m1/s1. The van der Waals surface area contributed by atoms with Crippen LogP contribution < -0.4 is 5.32 Å². The highest BCUT2D eigenvalue weighted by molar-refractivity contribution is 5.81. The Labute approximate surface area is 191 Å². The van der Waals surface area contributed by atoms with Crippen molar-refractivity contribution in [2.45, 2.75) is 65.2 Å². The predicted octanol–water partition coefficient (Wildman–Crippen LogP) is 5.53. The summed E-state index contributed by atoms with van der Waals surface area (Å²) < 4.78 is 11.3. The monoisotopic (exact) mass is 437 g/mol. The molecule has 0 bridgehead atoms. The van der Waals surface area contributed by atoms with Crippen LogP contribution in [0.4, 0.5) is 4.79 Å². The Morgan fingerprint density at radius 1 is 0.938 bits per heavy atom. The molecule has 1 saturated carbocycles. The van der Waals surface area contributed by atoms with E-state index < -0.39 is 18.1 Å². The molecular weight excluding hydrogens is 402 g/mol. The first kappa shape index (κ1) is 23.8. The molecule has 172 valence electrons. The lowest BCUT2D eigenvalue weighted by Gasteiger charge is -2.35. The number of benzene rings is 2. The summed E-state index contributed by atoms with van der Waals surface area (Å²) in [4.78, 5) is 25.6. The topological polar surface area (TPSA) is 64.6 Å². The third-order valence-corrected chi connectivity index (χ3v) is 6.23. The van der Waals surface area contributed by atoms with E-state index >= 15 is 0 Å². The van der Waals surface area contributed by atoms with E-state index in [-0.39, 0.29) is 12.7 Å². The van der Waals surface area contributed by atoms with Crippen molar-refractivity contribution in [2.75, 3.05) is 0 Å². The highest BCUT2D eigenvalue weighted by Crippen LogP contribution is 2.35. The molecule has 5 nitrogen and oxygen atoms in total. The SMILES string of the molecule is CC(C)[C@@H]1C[C@@H](C)C[C@@H](OC(=O)[C@H](Cc2ccccc2)NC(=O)OCc2ccccc2)C1. The summed E-state index contributed by atoms with van der Waals surface area (Å²) in [5.41, 5.74) is 1.84. The minimum absolute atomic E-state index is 0.112. The quantitative estimate of drug-likeness (QED) is 0.552. The lowest BCUT2D eigenvalue weighted by atomic mass is 9.75. The normalized spacial score (nSPS) is 21.6. The molecule has 4 atom stereocenters. The van der Waals surface area contributed by atoms with E-state index in [1.165, 1.54) is 6.42 Å². The molecule has 2 aromatic carbocycles. The zero-order valence-electron chi connectivity index (χ0n) is 19.3. The van der Waals surface area contributed by atoms with Crippen LogP contribution in [0.25, 0.3) is 0 Å². The van der Waals surface area contributed by atoms with E-state index in [2.05, 4.69) is 26.1 Å². The fraction of sp³-hybridized carbons (Fsp3) is 0.481. The van der Waals surface area contributed by atoms with Crippen LogP contribution in [0.2, 0.25) is 0 Å². The first-order valence-electron chi connectivity index (χ1n) is 11.6. The summed E-state index contributed by atoms with van der Waals surface area (Å²) in [6.07, 6.45) is 2.54. The third kappa shape index (κ3) is 7.40. The number of hydrogen-bond donors (Lipinski definition) is 1. The maximum Gasteiger partial charge on any atom is 0.408 e. The van der Waals surface area contributed by atoms with E-state index in [4.69, 9.17) is 9.47 Å². The maximum absolute atomic E-state index is 13.1. The molecular formula is C27H35NO4. The Morgan fingerprint density at radius 2 is 1.56 bits per heavy atom. The second-order valence-electron chi connectivity index (χ2n) is 9.32. The van der Waals surface area contributed by atoms with Gasteiger partial charge in [-0.1, -0.05) is 81.4 Å². The first-order valence-corrected chi connectivity index (χ1v) is 11.6. The third-order valence-electron chi connectivity index (χ3n) is 6.23. The van der Waals surface area contributed by atoms with Gasteiger partial charge >= 0.3 is 12.1 Å². The van der Waals surface area contributed by atoms with Gasteiger partial charge in [0.1, 0.15) is 18.8 Å². The number of nitrogens with one attached hydrogen (secondary N) is 1. The van der Waals surface area contributed by atoms with E-state index in [0.29, 0.717) is 24.2 Å². The molecule has 0 aromatic heterocycles. The molecule has 0 spiro atoms. The number of ether oxygens (including phenoxy) is 2. The Balaban J connectivity index is 1.63. The first-order chi connectivity index (χ1) is 15.4. The summed E-state index contributed by atoms with van der Waals surface area (Å²) >= 11 is 0. The number of hydrogen-bond acceptors (Lipinski definition) is 4. The van der Waals surface area contributed by atoms with Crippen LogP contribution in [0.3, 0.4) is 0 Å². The summed E-state index contributed by atoms with van der Waals surface area (Å²) in [6.45, 7) is 6.82. The molecule has 1 N–H and O–H groups in total. The van der Waals surface area contributed by atoms with Gasteiger partial charge in [0.25, 0.3) is 0 Å². The lowest BCUT2D eigenvalue weighted by molar-refractivity contribution is -0.155. The van der Waals surface area contributed by atoms with Gasteiger partial charge in [-0.3, -0.25) is 0 Å². The van der Waals surface area contributed by atoms with Gasteiger partial charge < -0.3 is 14.8 Å². The van der Waals surface area contributed by atoms with Crippen molar-refractivity contribution in [3.05, 3.63) is 71.8 Å². The number of alkyl carbamates (subject to hydrolysis) is 1. The van der Waals surface area contributed by atoms with E-state index in [9.17, 15) is 9.59 Å². The van der Waals surface area contributed by atoms with Crippen LogP contribution >= 0.6 is 0 Å². The molecule has 1 fully saturated rings. The van der Waals surface area contributed by atoms with Crippen LogP contribution in [0, 0.1) is 17.8 Å². The van der Waals surface area contributed by atoms with Gasteiger partial charge in [-0.05, 0) is 48.1 Å². The number of esters is 1. The van der Waals surface area contributed by atoms with Gasteiger partial charge in [0.2, 0.25) is 0 Å². The fourth-order valence-electron chi connectivity index (χ4n) is 4.43. The molecule has 1 aliphatic carbocycles. The number of amides is 1. The molecule has 0 unspecified atom stereocenters. The molecule has 0 heterocycles. The van der Waals surface area contributed by atoms with Crippen LogP contribution in [0.5, 0.6) is 0 Å². The van der Waals surface area contributed by atoms with Gasteiger partial charge in [-0.25, -0.2) is 9.59 Å². The van der Waals surface area contributed by atoms with Gasteiger partial charge in [0.05, 0.1) is 0 Å². The number of carbonyl (C=O) groups is 2. The van der Waals surface area contributed by atoms with Crippen molar-refractivity contribution in [1.29, 1.82) is 0 Å². The highest BCUT2D eigenvalue weighted by Gasteiger charge is 2.33. The Morgan fingerprint density at radius 3 is 2.19 bits per heavy atom. The van der Waals surface area contributed by atoms with E-state index in [1.807, 2.05) is 60.7 Å². The molecule has 3 rings (SSSR count). The Kier molecular flexibility index (Phi) is 8.72. The summed E-state index contributed by atoms with van der Waals surface area (Å²) in [5, 5.41) is 2.73. The zero-order valence-corrected chi connectivity index (χ0v) is 19.3. The van der Waals surface area contributed by atoms with E-state index in [0.717, 1.165) is 24.0 Å². The summed E-state index contributed by atoms with van der Waals surface area (Å²) in [5.74, 6) is 1.23. The van der Waals surface area contributed by atoms with Gasteiger partial charge in [-0.15, -0.1) is 0 Å². The van der Waals surface area contributed by atoms with Crippen molar-refractivity contribution < 1.29 is 19.1 Å². The van der Waals surface area contributed by atoms with Crippen molar-refractivity contribution in [3.8, 4) is 0 Å². The van der Waals surface area contributed by atoms with Gasteiger partial charge in [0.15, 0.2) is 0 Å². The Bertz CT molecular complexity index is 852. The summed E-state index contributed by atoms with van der Waals surface area (Å²) in [6, 6.07) is 18.3. The van der Waals surface area contributed by atoms with Gasteiger partial charge in [0, 0.05) is 6.42 Å². The minimum atomic E-state index is -0.796. The minimum Gasteiger partial charge on any atom is -0.461 e. The average molecular weight is 438 g/mol. The molecule has 0 saturated heterocycles. The lowest BCUT2D eigenvalue weighted by Crippen LogP contribution is -2.45. The average Bonchev–Trinajstić information content (AvgIpc) is 2.78. The molecule has 1 amide bonds. The fourth-order valence-corrected chi connectivity index (χ4v) is 4.43. The highest BCUT2D eigenvalue weighted by atomic mass is 16.6. The maximum atomic E-state index is 13.1. The number of carbonyl (C=O) groups excluding carboxylic acids is 2. The van der Waals surface area contributed by atoms with Crippen molar-refractivity contribution in [3.63, 3.8) is 0 Å². The molecule has 0 aliphatic heterocycles. The van der Waals surface area contributed by atoms with Crippen molar-refractivity contribution >= 4 is 12.1 Å². The molecule has 2 aromatic rings. The molecule has 0 radical (unpaired) electrons. The largest absolute Gasteiger partial charge is 0.461 e. The van der Waals surface area contributed by atoms with Gasteiger partial charge in [-0.2, -0.15) is 0 Å². The van der Waals surface area contributed by atoms with Crippen LogP contribution in [0.1, 0.15) is 51.2 Å². The van der Waals surface area contributed by atoms with Crippen molar-refractivity contribution in [2.24, 2.45) is 17.8 Å². The molecule has 1 aliphatic rings. The van der Waals surface area contributed by atoms with Crippen LogP contribution in [-0.4, -0.2) is 24.2 Å².